The molecule has 1 fully saturated rings. The highest BCUT2D eigenvalue weighted by atomic mass is 32.1. The average Bonchev–Trinajstić information content (AvgIpc) is 2.69. The Kier molecular flexibility index (Phi) is 6.51. The number of hydrogen-bond donors (Lipinski definition) is 2. The van der Waals surface area contributed by atoms with Gasteiger partial charge < -0.3 is 10.2 Å². The van der Waals surface area contributed by atoms with Crippen molar-refractivity contribution in [3.05, 3.63) is 59.7 Å². The van der Waals surface area contributed by atoms with Crippen LogP contribution in [0.5, 0.6) is 0 Å². The van der Waals surface area contributed by atoms with Gasteiger partial charge in [0.05, 0.1) is 17.5 Å². The number of para-hydroxylation sites is 1. The summed E-state index contributed by atoms with van der Waals surface area (Å²) in [6.45, 7) is 2.16. The summed E-state index contributed by atoms with van der Waals surface area (Å²) < 4.78 is 39.0. The maximum Gasteiger partial charge on any atom is 0.418 e. The number of hydrazone groups is 1. The molecule has 0 aliphatic carbocycles. The monoisotopic (exact) mass is 406 g/mol. The Morgan fingerprint density at radius 3 is 2.36 bits per heavy atom. The van der Waals surface area contributed by atoms with Crippen LogP contribution in [0.3, 0.4) is 0 Å². The zero-order valence-corrected chi connectivity index (χ0v) is 16.0. The summed E-state index contributed by atoms with van der Waals surface area (Å²) in [5.41, 5.74) is 3.70. The van der Waals surface area contributed by atoms with Crippen molar-refractivity contribution in [2.45, 2.75) is 25.4 Å². The van der Waals surface area contributed by atoms with Crippen LogP contribution in [0.4, 0.5) is 24.5 Å². The molecule has 148 valence electrons. The van der Waals surface area contributed by atoms with Gasteiger partial charge in [0.25, 0.3) is 0 Å². The van der Waals surface area contributed by atoms with E-state index in [2.05, 4.69) is 20.7 Å². The molecule has 1 saturated heterocycles. The molecule has 0 spiro atoms. The minimum Gasteiger partial charge on any atom is -0.372 e. The molecule has 3 rings (SSSR count). The van der Waals surface area contributed by atoms with E-state index in [1.54, 1.807) is 6.21 Å². The lowest BCUT2D eigenvalue weighted by molar-refractivity contribution is -0.136. The molecule has 2 aromatic carbocycles. The number of nitrogens with one attached hydrogen (secondary N) is 2. The highest BCUT2D eigenvalue weighted by Crippen LogP contribution is 2.34. The van der Waals surface area contributed by atoms with Gasteiger partial charge in [-0.05, 0) is 61.3 Å². The lowest BCUT2D eigenvalue weighted by Crippen LogP contribution is -2.29. The molecule has 1 heterocycles. The van der Waals surface area contributed by atoms with Crippen LogP contribution in [0.15, 0.2) is 53.6 Å². The molecule has 0 aromatic heterocycles. The second-order valence-electron chi connectivity index (χ2n) is 6.51. The van der Waals surface area contributed by atoms with Gasteiger partial charge >= 0.3 is 6.18 Å². The Balaban J connectivity index is 1.55. The molecule has 2 aromatic rings. The third-order valence-corrected chi connectivity index (χ3v) is 4.67. The topological polar surface area (TPSA) is 39.7 Å². The number of alkyl halides is 3. The number of hydrogen-bond acceptors (Lipinski definition) is 3. The first-order valence-corrected chi connectivity index (χ1v) is 9.45. The molecule has 28 heavy (non-hydrogen) atoms. The zero-order chi connectivity index (χ0) is 20.0. The SMILES string of the molecule is FC(F)(F)c1ccccc1NC(=S)N/N=C\c1ccc(N2CCCCC2)cc1. The minimum absolute atomic E-state index is 0.0158. The van der Waals surface area contributed by atoms with Crippen LogP contribution < -0.4 is 15.6 Å². The molecule has 0 bridgehead atoms. The van der Waals surface area contributed by atoms with Crippen LogP contribution >= 0.6 is 12.2 Å². The summed E-state index contributed by atoms with van der Waals surface area (Å²) >= 11 is 5.03. The number of thiocarbonyl (C=S) groups is 1. The Morgan fingerprint density at radius 2 is 1.68 bits per heavy atom. The smallest absolute Gasteiger partial charge is 0.372 e. The first-order chi connectivity index (χ1) is 13.4. The highest BCUT2D eigenvalue weighted by Gasteiger charge is 2.33. The second-order valence-corrected chi connectivity index (χ2v) is 6.91. The predicted octanol–water partition coefficient (Wildman–Crippen LogP) is 5.02. The van der Waals surface area contributed by atoms with Crippen molar-refractivity contribution < 1.29 is 13.2 Å². The third kappa shape index (κ3) is 5.45. The lowest BCUT2D eigenvalue weighted by atomic mass is 10.1. The Bertz CT molecular complexity index is 828. The Labute approximate surface area is 167 Å². The van der Waals surface area contributed by atoms with E-state index in [0.29, 0.717) is 0 Å². The molecule has 8 heteroatoms. The number of anilines is 2. The molecule has 1 aliphatic heterocycles. The molecular formula is C20H21F3N4S. The number of benzene rings is 2. The highest BCUT2D eigenvalue weighted by molar-refractivity contribution is 7.80. The summed E-state index contributed by atoms with van der Waals surface area (Å²) in [7, 11) is 0. The normalized spacial score (nSPS) is 14.9. The third-order valence-electron chi connectivity index (χ3n) is 4.47. The van der Waals surface area contributed by atoms with Gasteiger partial charge in [-0.25, -0.2) is 0 Å². The molecule has 0 atom stereocenters. The fourth-order valence-corrected chi connectivity index (χ4v) is 3.24. The molecule has 2 N–H and O–H groups in total. The Morgan fingerprint density at radius 1 is 1.00 bits per heavy atom. The van der Waals surface area contributed by atoms with E-state index in [-0.39, 0.29) is 10.8 Å². The maximum atomic E-state index is 13.0. The summed E-state index contributed by atoms with van der Waals surface area (Å²) in [6.07, 6.45) is 0.834. The van der Waals surface area contributed by atoms with Crippen LogP contribution in [0.1, 0.15) is 30.4 Å². The van der Waals surface area contributed by atoms with Gasteiger partial charge in [0.1, 0.15) is 0 Å². The van der Waals surface area contributed by atoms with Gasteiger partial charge in [0.2, 0.25) is 0 Å². The molecular weight excluding hydrogens is 385 g/mol. The van der Waals surface area contributed by atoms with Crippen LogP contribution in [0, 0.1) is 0 Å². The van der Waals surface area contributed by atoms with Gasteiger partial charge in [-0.3, -0.25) is 5.43 Å². The maximum absolute atomic E-state index is 13.0. The van der Waals surface area contributed by atoms with Crippen LogP contribution in [-0.4, -0.2) is 24.4 Å². The van der Waals surface area contributed by atoms with Gasteiger partial charge in [0.15, 0.2) is 5.11 Å². The fourth-order valence-electron chi connectivity index (χ4n) is 3.08. The van der Waals surface area contributed by atoms with E-state index in [0.717, 1.165) is 24.7 Å². The predicted molar refractivity (Wildman–Crippen MR) is 111 cm³/mol. The average molecular weight is 406 g/mol. The summed E-state index contributed by atoms with van der Waals surface area (Å²) in [6, 6.07) is 13.1. The Hall–Kier alpha value is -2.61. The van der Waals surface area contributed by atoms with E-state index in [9.17, 15) is 13.2 Å². The molecule has 0 saturated carbocycles. The van der Waals surface area contributed by atoms with Crippen molar-refractivity contribution in [1.82, 2.24) is 5.43 Å². The van der Waals surface area contributed by atoms with Crippen molar-refractivity contribution in [2.75, 3.05) is 23.3 Å². The van der Waals surface area contributed by atoms with Gasteiger partial charge in [-0.2, -0.15) is 18.3 Å². The van der Waals surface area contributed by atoms with Crippen molar-refractivity contribution in [3.63, 3.8) is 0 Å². The zero-order valence-electron chi connectivity index (χ0n) is 15.2. The van der Waals surface area contributed by atoms with Gasteiger partial charge in [-0.15, -0.1) is 0 Å². The quantitative estimate of drug-likeness (QED) is 0.425. The lowest BCUT2D eigenvalue weighted by Gasteiger charge is -2.28. The van der Waals surface area contributed by atoms with E-state index in [4.69, 9.17) is 12.2 Å². The van der Waals surface area contributed by atoms with E-state index in [1.807, 2.05) is 24.3 Å². The molecule has 0 unspecified atom stereocenters. The number of rotatable bonds is 4. The molecule has 4 nitrogen and oxygen atoms in total. The second kappa shape index (κ2) is 9.05. The largest absolute Gasteiger partial charge is 0.418 e. The van der Waals surface area contributed by atoms with Crippen molar-refractivity contribution >= 4 is 34.9 Å². The van der Waals surface area contributed by atoms with Crippen LogP contribution in [0.2, 0.25) is 0 Å². The van der Waals surface area contributed by atoms with E-state index in [1.165, 1.54) is 43.1 Å². The standard InChI is InChI=1S/C20H21F3N4S/c21-20(22,23)17-6-2-3-7-18(17)25-19(28)26-24-14-15-8-10-16(11-9-15)27-12-4-1-5-13-27/h2-3,6-11,14H,1,4-5,12-13H2,(H2,25,26,28)/b24-14-. The molecule has 0 radical (unpaired) electrons. The number of halogens is 3. The van der Waals surface area contributed by atoms with E-state index < -0.39 is 11.7 Å². The summed E-state index contributed by atoms with van der Waals surface area (Å²) in [5, 5.41) is 6.52. The van der Waals surface area contributed by atoms with Crippen molar-refractivity contribution in [3.8, 4) is 0 Å². The minimum atomic E-state index is -4.46. The van der Waals surface area contributed by atoms with Crippen molar-refractivity contribution in [1.29, 1.82) is 0 Å². The first-order valence-electron chi connectivity index (χ1n) is 9.05. The van der Waals surface area contributed by atoms with Crippen LogP contribution in [-0.2, 0) is 6.18 Å². The van der Waals surface area contributed by atoms with Gasteiger partial charge in [-0.1, -0.05) is 24.3 Å². The summed E-state index contributed by atoms with van der Waals surface area (Å²) in [4.78, 5) is 2.36. The van der Waals surface area contributed by atoms with E-state index >= 15 is 0 Å². The fraction of sp³-hybridized carbons (Fsp3) is 0.300. The first kappa shape index (κ1) is 20.1. The summed E-state index contributed by atoms with van der Waals surface area (Å²) in [5.74, 6) is 0. The van der Waals surface area contributed by atoms with Crippen molar-refractivity contribution in [2.24, 2.45) is 5.10 Å². The number of piperidine rings is 1. The molecule has 0 amide bonds. The molecule has 1 aliphatic rings. The van der Waals surface area contributed by atoms with Crippen LogP contribution in [0.25, 0.3) is 0 Å². The van der Waals surface area contributed by atoms with Gasteiger partial charge in [0, 0.05) is 18.8 Å². The number of nitrogens with zero attached hydrogens (tertiary/aromatic N) is 2.